The zero-order valence-electron chi connectivity index (χ0n) is 12.0. The van der Waals surface area contributed by atoms with Gasteiger partial charge in [0.05, 0.1) is 26.2 Å². The van der Waals surface area contributed by atoms with E-state index in [1.165, 1.54) is 19.1 Å². The van der Waals surface area contributed by atoms with E-state index in [4.69, 9.17) is 10.00 Å². The first-order valence-corrected chi connectivity index (χ1v) is 6.22. The third kappa shape index (κ3) is 6.20. The molecule has 0 aliphatic heterocycles. The number of ether oxygens (including phenoxy) is 2. The van der Waals surface area contributed by atoms with E-state index in [-0.39, 0.29) is 30.8 Å². The molecule has 0 aromatic heterocycles. The van der Waals surface area contributed by atoms with Crippen molar-refractivity contribution in [3.05, 3.63) is 0 Å². The smallest absolute Gasteiger partial charge is 0.307 e. The van der Waals surface area contributed by atoms with E-state index in [9.17, 15) is 9.59 Å². The summed E-state index contributed by atoms with van der Waals surface area (Å²) in [7, 11) is 2.84. The molecule has 1 unspecified atom stereocenters. The van der Waals surface area contributed by atoms with Crippen molar-refractivity contribution >= 4 is 11.9 Å². The first kappa shape index (κ1) is 17.4. The quantitative estimate of drug-likeness (QED) is 0.610. The number of nitrogens with zero attached hydrogens (tertiary/aromatic N) is 2. The summed E-state index contributed by atoms with van der Waals surface area (Å²) in [5, 5.41) is 9.04. The molecule has 0 aliphatic carbocycles. The summed E-state index contributed by atoms with van der Waals surface area (Å²) in [6.07, 6.45) is 0.113. The highest BCUT2D eigenvalue weighted by molar-refractivity contribution is 5.82. The van der Waals surface area contributed by atoms with Crippen LogP contribution in [0.5, 0.6) is 0 Å². The van der Waals surface area contributed by atoms with E-state index in [0.717, 1.165) is 0 Å². The van der Waals surface area contributed by atoms with Crippen molar-refractivity contribution in [2.75, 3.05) is 33.9 Å². The summed E-state index contributed by atoms with van der Waals surface area (Å²) in [5.41, 5.74) is 0. The van der Waals surface area contributed by atoms with E-state index < -0.39 is 5.92 Å². The van der Waals surface area contributed by atoms with Crippen LogP contribution in [-0.2, 0) is 19.1 Å². The predicted octanol–water partition coefficient (Wildman–Crippen LogP) is 0.820. The average molecular weight is 270 g/mol. The molecular weight excluding hydrogens is 248 g/mol. The fraction of sp³-hybridized carbons (Fsp3) is 0.769. The highest BCUT2D eigenvalue weighted by Crippen LogP contribution is 2.13. The summed E-state index contributed by atoms with van der Waals surface area (Å²) < 4.78 is 9.48. The van der Waals surface area contributed by atoms with Gasteiger partial charge in [0.15, 0.2) is 0 Å². The molecule has 6 nitrogen and oxygen atoms in total. The van der Waals surface area contributed by atoms with Gasteiger partial charge in [0.25, 0.3) is 0 Å². The molecule has 0 bridgehead atoms. The number of esters is 1. The highest BCUT2D eigenvalue weighted by atomic mass is 16.5. The molecule has 0 N–H and O–H groups in total. The van der Waals surface area contributed by atoms with Gasteiger partial charge < -0.3 is 14.4 Å². The van der Waals surface area contributed by atoms with Crippen LogP contribution in [0.25, 0.3) is 0 Å². The second-order valence-corrected chi connectivity index (χ2v) is 4.50. The summed E-state index contributed by atoms with van der Waals surface area (Å²) in [5.74, 6) is -1.41. The fourth-order valence-electron chi connectivity index (χ4n) is 1.55. The zero-order chi connectivity index (χ0) is 14.8. The van der Waals surface area contributed by atoms with Crippen LogP contribution in [-0.4, -0.2) is 50.7 Å². The van der Waals surface area contributed by atoms with Crippen molar-refractivity contribution in [3.8, 4) is 6.07 Å². The Balaban J connectivity index is 4.68. The van der Waals surface area contributed by atoms with Crippen molar-refractivity contribution in [3.63, 3.8) is 0 Å². The molecule has 0 fully saturated rings. The number of carbonyl (C=O) groups is 2. The molecular formula is C13H22N2O4. The lowest BCUT2D eigenvalue weighted by atomic mass is 9.96. The van der Waals surface area contributed by atoms with Gasteiger partial charge in [-0.3, -0.25) is 9.59 Å². The number of nitriles is 1. The SMILES string of the molecule is COCCN(CCC(=O)OC)C(=O)C(C#N)C(C)C. The molecule has 108 valence electrons. The first-order chi connectivity index (χ1) is 8.97. The van der Waals surface area contributed by atoms with Crippen molar-refractivity contribution in [1.82, 2.24) is 4.90 Å². The standard InChI is InChI=1S/C13H22N2O4/c1-10(2)11(9-14)13(17)15(7-8-18-3)6-5-12(16)19-4/h10-11H,5-8H2,1-4H3. The fourth-order valence-corrected chi connectivity index (χ4v) is 1.55. The van der Waals surface area contributed by atoms with E-state index in [1.807, 2.05) is 19.9 Å². The number of carbonyl (C=O) groups excluding carboxylic acids is 2. The van der Waals surface area contributed by atoms with E-state index in [0.29, 0.717) is 13.2 Å². The van der Waals surface area contributed by atoms with E-state index in [2.05, 4.69) is 4.74 Å². The predicted molar refractivity (Wildman–Crippen MR) is 69.0 cm³/mol. The minimum Gasteiger partial charge on any atom is -0.469 e. The van der Waals surface area contributed by atoms with Crippen molar-refractivity contribution < 1.29 is 19.1 Å². The molecule has 0 rings (SSSR count). The van der Waals surface area contributed by atoms with Crippen molar-refractivity contribution in [2.45, 2.75) is 20.3 Å². The summed E-state index contributed by atoms with van der Waals surface area (Å²) in [4.78, 5) is 24.8. The lowest BCUT2D eigenvalue weighted by Gasteiger charge is -2.25. The monoisotopic (exact) mass is 270 g/mol. The van der Waals surface area contributed by atoms with Crippen molar-refractivity contribution in [2.24, 2.45) is 11.8 Å². The van der Waals surface area contributed by atoms with Gasteiger partial charge in [-0.1, -0.05) is 13.8 Å². The van der Waals surface area contributed by atoms with Crippen LogP contribution in [0.3, 0.4) is 0 Å². The lowest BCUT2D eigenvalue weighted by Crippen LogP contribution is -2.40. The Hall–Kier alpha value is -1.61. The maximum atomic E-state index is 12.2. The Kier molecular flexibility index (Phi) is 8.55. The number of hydrogen-bond donors (Lipinski definition) is 0. The molecule has 19 heavy (non-hydrogen) atoms. The van der Waals surface area contributed by atoms with Crippen LogP contribution in [0.1, 0.15) is 20.3 Å². The van der Waals surface area contributed by atoms with E-state index in [1.54, 1.807) is 0 Å². The second kappa shape index (κ2) is 9.34. The summed E-state index contributed by atoms with van der Waals surface area (Å²) in [6, 6.07) is 2.01. The van der Waals surface area contributed by atoms with Gasteiger partial charge in [-0.15, -0.1) is 0 Å². The van der Waals surface area contributed by atoms with Crippen molar-refractivity contribution in [1.29, 1.82) is 5.26 Å². The third-order valence-corrected chi connectivity index (χ3v) is 2.76. The molecule has 6 heteroatoms. The highest BCUT2D eigenvalue weighted by Gasteiger charge is 2.27. The molecule has 0 saturated carbocycles. The molecule has 1 amide bonds. The molecule has 0 radical (unpaired) electrons. The zero-order valence-corrected chi connectivity index (χ0v) is 12.0. The molecule has 0 aliphatic rings. The molecule has 0 heterocycles. The first-order valence-electron chi connectivity index (χ1n) is 6.22. The van der Waals surface area contributed by atoms with Crippen LogP contribution in [0, 0.1) is 23.2 Å². The molecule has 0 saturated heterocycles. The van der Waals surface area contributed by atoms with Gasteiger partial charge >= 0.3 is 5.97 Å². The lowest BCUT2D eigenvalue weighted by molar-refractivity contribution is -0.142. The van der Waals surface area contributed by atoms with Gasteiger partial charge in [-0.2, -0.15) is 5.26 Å². The Morgan fingerprint density at radius 1 is 1.26 bits per heavy atom. The third-order valence-electron chi connectivity index (χ3n) is 2.76. The number of rotatable bonds is 8. The Morgan fingerprint density at radius 3 is 2.32 bits per heavy atom. The second-order valence-electron chi connectivity index (χ2n) is 4.50. The molecule has 0 aromatic carbocycles. The van der Waals surface area contributed by atoms with Crippen LogP contribution in [0.15, 0.2) is 0 Å². The Labute approximate surface area is 114 Å². The van der Waals surface area contributed by atoms with Gasteiger partial charge in [0, 0.05) is 20.2 Å². The van der Waals surface area contributed by atoms with Gasteiger partial charge in [-0.05, 0) is 5.92 Å². The summed E-state index contributed by atoms with van der Waals surface area (Å²) >= 11 is 0. The minimum absolute atomic E-state index is 0.0688. The van der Waals surface area contributed by atoms with Crippen LogP contribution in [0.2, 0.25) is 0 Å². The van der Waals surface area contributed by atoms with Gasteiger partial charge in [0.2, 0.25) is 5.91 Å². The number of amides is 1. The maximum absolute atomic E-state index is 12.2. The van der Waals surface area contributed by atoms with Crippen LogP contribution in [0.4, 0.5) is 0 Å². The largest absolute Gasteiger partial charge is 0.469 e. The minimum atomic E-state index is -0.700. The summed E-state index contributed by atoms with van der Waals surface area (Å²) in [6.45, 7) is 4.60. The number of methoxy groups -OCH3 is 2. The topological polar surface area (TPSA) is 79.6 Å². The Bertz CT molecular complexity index is 336. The molecule has 0 aromatic rings. The Morgan fingerprint density at radius 2 is 1.89 bits per heavy atom. The normalized spacial score (nSPS) is 11.8. The van der Waals surface area contributed by atoms with E-state index >= 15 is 0 Å². The number of hydrogen-bond acceptors (Lipinski definition) is 5. The van der Waals surface area contributed by atoms with Crippen LogP contribution >= 0.6 is 0 Å². The van der Waals surface area contributed by atoms with Gasteiger partial charge in [0.1, 0.15) is 5.92 Å². The van der Waals surface area contributed by atoms with Crippen LogP contribution < -0.4 is 0 Å². The maximum Gasteiger partial charge on any atom is 0.307 e. The average Bonchev–Trinajstić information content (AvgIpc) is 2.38. The molecule has 0 spiro atoms. The van der Waals surface area contributed by atoms with Gasteiger partial charge in [-0.25, -0.2) is 0 Å². The molecule has 1 atom stereocenters.